The first-order valence-corrected chi connectivity index (χ1v) is 6.41. The van der Waals surface area contributed by atoms with Crippen molar-refractivity contribution >= 4 is 17.9 Å². The molecule has 1 unspecified atom stereocenters. The summed E-state index contributed by atoms with van der Waals surface area (Å²) in [6.07, 6.45) is 1.09. The van der Waals surface area contributed by atoms with Crippen LogP contribution in [0.5, 0.6) is 0 Å². The minimum absolute atomic E-state index is 0.0230. The van der Waals surface area contributed by atoms with Crippen molar-refractivity contribution in [1.82, 2.24) is 10.2 Å². The third-order valence-corrected chi connectivity index (χ3v) is 2.82. The van der Waals surface area contributed by atoms with E-state index in [1.165, 1.54) is 0 Å². The van der Waals surface area contributed by atoms with E-state index in [4.69, 9.17) is 9.84 Å². The van der Waals surface area contributed by atoms with Crippen molar-refractivity contribution < 1.29 is 24.2 Å². The summed E-state index contributed by atoms with van der Waals surface area (Å²) in [6, 6.07) is -0.404. The van der Waals surface area contributed by atoms with Gasteiger partial charge in [0.25, 0.3) is 0 Å². The van der Waals surface area contributed by atoms with Gasteiger partial charge >= 0.3 is 12.0 Å². The number of carbonyl (C=O) groups excluding carboxylic acids is 2. The first-order chi connectivity index (χ1) is 8.99. The lowest BCUT2D eigenvalue weighted by molar-refractivity contribution is -0.137. The van der Waals surface area contributed by atoms with Crippen molar-refractivity contribution in [2.75, 3.05) is 19.7 Å². The molecule has 3 amide bonds. The van der Waals surface area contributed by atoms with Crippen LogP contribution < -0.4 is 5.32 Å². The number of carboxylic acids is 1. The molecule has 0 aromatic carbocycles. The highest BCUT2D eigenvalue weighted by Crippen LogP contribution is 2.05. The van der Waals surface area contributed by atoms with Gasteiger partial charge in [0.15, 0.2) is 0 Å². The molecule has 0 aromatic rings. The van der Waals surface area contributed by atoms with E-state index in [1.807, 2.05) is 6.92 Å². The van der Waals surface area contributed by atoms with Crippen molar-refractivity contribution in [3.63, 3.8) is 0 Å². The Morgan fingerprint density at radius 3 is 2.63 bits per heavy atom. The molecule has 1 rings (SSSR count). The highest BCUT2D eigenvalue weighted by Gasteiger charge is 2.22. The van der Waals surface area contributed by atoms with Gasteiger partial charge < -0.3 is 14.7 Å². The molecule has 0 radical (unpaired) electrons. The second-order valence-electron chi connectivity index (χ2n) is 4.58. The van der Waals surface area contributed by atoms with Gasteiger partial charge in [-0.05, 0) is 19.8 Å². The van der Waals surface area contributed by atoms with Crippen molar-refractivity contribution in [2.24, 2.45) is 0 Å². The van der Waals surface area contributed by atoms with Crippen LogP contribution in [0.4, 0.5) is 4.79 Å². The number of hydrogen-bond acceptors (Lipinski definition) is 4. The maximum absolute atomic E-state index is 11.7. The van der Waals surface area contributed by atoms with Gasteiger partial charge in [0.2, 0.25) is 5.91 Å². The quantitative estimate of drug-likeness (QED) is 0.714. The lowest BCUT2D eigenvalue weighted by atomic mass is 10.2. The van der Waals surface area contributed by atoms with Gasteiger partial charge in [0.1, 0.15) is 0 Å². The van der Waals surface area contributed by atoms with Gasteiger partial charge in [-0.3, -0.25) is 14.9 Å². The molecular weight excluding hydrogens is 252 g/mol. The number of morpholine rings is 1. The molecule has 0 saturated carbocycles. The molecule has 2 N–H and O–H groups in total. The Hall–Kier alpha value is -1.63. The van der Waals surface area contributed by atoms with Crippen LogP contribution >= 0.6 is 0 Å². The summed E-state index contributed by atoms with van der Waals surface area (Å²) in [6.45, 7) is 3.29. The average molecular weight is 272 g/mol. The zero-order chi connectivity index (χ0) is 14.3. The number of hydrogen-bond donors (Lipinski definition) is 2. The minimum Gasteiger partial charge on any atom is -0.481 e. The fraction of sp³-hybridized carbons (Fsp3) is 0.750. The van der Waals surface area contributed by atoms with E-state index in [1.54, 1.807) is 4.90 Å². The van der Waals surface area contributed by atoms with Crippen LogP contribution in [0.1, 0.15) is 32.6 Å². The summed E-state index contributed by atoms with van der Waals surface area (Å²) in [5.41, 5.74) is 0. The molecule has 0 aliphatic carbocycles. The van der Waals surface area contributed by atoms with E-state index in [9.17, 15) is 14.4 Å². The molecular formula is C12H20N2O5. The maximum atomic E-state index is 11.7. The Balaban J connectivity index is 2.20. The fourth-order valence-corrected chi connectivity index (χ4v) is 1.83. The van der Waals surface area contributed by atoms with Crippen LogP contribution in [0.2, 0.25) is 0 Å². The second-order valence-corrected chi connectivity index (χ2v) is 4.58. The molecule has 7 heteroatoms. The van der Waals surface area contributed by atoms with Crippen LogP contribution in [-0.2, 0) is 14.3 Å². The number of rotatable bonds is 5. The molecule has 108 valence electrons. The van der Waals surface area contributed by atoms with E-state index in [-0.39, 0.29) is 24.9 Å². The SMILES string of the molecule is CC1CN(C(=O)NC(=O)CCCCC(=O)O)CCO1. The molecule has 1 atom stereocenters. The Bertz CT molecular complexity index is 345. The Kier molecular flexibility index (Phi) is 6.27. The largest absolute Gasteiger partial charge is 0.481 e. The second kappa shape index (κ2) is 7.73. The van der Waals surface area contributed by atoms with Crippen LogP contribution in [0.25, 0.3) is 0 Å². The van der Waals surface area contributed by atoms with E-state index < -0.39 is 12.0 Å². The minimum atomic E-state index is -0.876. The molecule has 0 aromatic heterocycles. The third kappa shape index (κ3) is 6.19. The predicted octanol–water partition coefficient (Wildman–Crippen LogP) is 0.588. The molecule has 1 fully saturated rings. The van der Waals surface area contributed by atoms with E-state index in [2.05, 4.69) is 5.32 Å². The van der Waals surface area contributed by atoms with Gasteiger partial charge in [-0.15, -0.1) is 0 Å². The highest BCUT2D eigenvalue weighted by atomic mass is 16.5. The number of nitrogens with one attached hydrogen (secondary N) is 1. The zero-order valence-corrected chi connectivity index (χ0v) is 11.1. The number of nitrogens with zero attached hydrogens (tertiary/aromatic N) is 1. The number of aliphatic carboxylic acids is 1. The van der Waals surface area contributed by atoms with Gasteiger partial charge in [-0.2, -0.15) is 0 Å². The number of ether oxygens (including phenoxy) is 1. The topological polar surface area (TPSA) is 95.9 Å². The molecule has 0 spiro atoms. The summed E-state index contributed by atoms with van der Waals surface area (Å²) in [5, 5.41) is 10.7. The van der Waals surface area contributed by atoms with Crippen molar-refractivity contribution in [1.29, 1.82) is 0 Å². The van der Waals surface area contributed by atoms with Crippen LogP contribution in [-0.4, -0.2) is 53.7 Å². The first kappa shape index (κ1) is 15.4. The number of amides is 3. The van der Waals surface area contributed by atoms with E-state index in [0.29, 0.717) is 32.5 Å². The summed E-state index contributed by atoms with van der Waals surface area (Å²) < 4.78 is 5.30. The van der Waals surface area contributed by atoms with Crippen molar-refractivity contribution in [3.8, 4) is 0 Å². The lowest BCUT2D eigenvalue weighted by Gasteiger charge is -2.30. The van der Waals surface area contributed by atoms with E-state index >= 15 is 0 Å². The number of carbonyl (C=O) groups is 3. The Morgan fingerprint density at radius 1 is 1.32 bits per heavy atom. The predicted molar refractivity (Wildman–Crippen MR) is 66.6 cm³/mol. The molecule has 7 nitrogen and oxygen atoms in total. The van der Waals surface area contributed by atoms with Crippen LogP contribution in [0, 0.1) is 0 Å². The van der Waals surface area contributed by atoms with Gasteiger partial charge in [0, 0.05) is 25.9 Å². The lowest BCUT2D eigenvalue weighted by Crippen LogP contribution is -2.50. The van der Waals surface area contributed by atoms with Gasteiger partial charge in [-0.1, -0.05) is 0 Å². The summed E-state index contributed by atoms with van der Waals surface area (Å²) >= 11 is 0. The van der Waals surface area contributed by atoms with Crippen molar-refractivity contribution in [3.05, 3.63) is 0 Å². The van der Waals surface area contributed by atoms with Crippen LogP contribution in [0.3, 0.4) is 0 Å². The molecule has 1 aliphatic rings. The van der Waals surface area contributed by atoms with E-state index in [0.717, 1.165) is 0 Å². The number of imide groups is 1. The van der Waals surface area contributed by atoms with Gasteiger partial charge in [-0.25, -0.2) is 4.79 Å². The molecule has 1 aliphatic heterocycles. The zero-order valence-electron chi connectivity index (χ0n) is 11.1. The average Bonchev–Trinajstić information content (AvgIpc) is 2.34. The molecule has 0 bridgehead atoms. The number of urea groups is 1. The first-order valence-electron chi connectivity index (χ1n) is 6.41. The number of unbranched alkanes of at least 4 members (excludes halogenated alkanes) is 1. The van der Waals surface area contributed by atoms with Crippen LogP contribution in [0.15, 0.2) is 0 Å². The summed E-state index contributed by atoms with van der Waals surface area (Å²) in [7, 11) is 0. The summed E-state index contributed by atoms with van der Waals surface area (Å²) in [5.74, 6) is -1.24. The third-order valence-electron chi connectivity index (χ3n) is 2.82. The number of carboxylic acid groups (broad SMARTS) is 1. The molecule has 1 saturated heterocycles. The standard InChI is InChI=1S/C12H20N2O5/c1-9-8-14(6-7-19-9)12(18)13-10(15)4-2-3-5-11(16)17/h9H,2-8H2,1H3,(H,16,17)(H,13,15,18). The van der Waals surface area contributed by atoms with Gasteiger partial charge in [0.05, 0.1) is 12.7 Å². The molecule has 1 heterocycles. The summed E-state index contributed by atoms with van der Waals surface area (Å²) in [4.78, 5) is 35.1. The normalized spacial score (nSPS) is 19.0. The Morgan fingerprint density at radius 2 is 2.00 bits per heavy atom. The molecule has 19 heavy (non-hydrogen) atoms. The maximum Gasteiger partial charge on any atom is 0.324 e. The highest BCUT2D eigenvalue weighted by molar-refractivity contribution is 5.94. The monoisotopic (exact) mass is 272 g/mol. The Labute approximate surface area is 111 Å². The van der Waals surface area contributed by atoms with Crippen molar-refractivity contribution in [2.45, 2.75) is 38.7 Å². The smallest absolute Gasteiger partial charge is 0.324 e. The fourth-order valence-electron chi connectivity index (χ4n) is 1.83.